The van der Waals surface area contributed by atoms with E-state index in [9.17, 15) is 17.2 Å². The number of nitrogens with zero attached hydrogens (tertiary/aromatic N) is 1. The SMILES string of the molecule is CCCc1ncc(C(F)F)cc1S(C)(=O)=O. The van der Waals surface area contributed by atoms with Gasteiger partial charge in [0, 0.05) is 18.0 Å². The minimum atomic E-state index is -3.51. The molecule has 90 valence electrons. The van der Waals surface area contributed by atoms with Gasteiger partial charge in [-0.05, 0) is 12.5 Å². The van der Waals surface area contributed by atoms with E-state index in [1.165, 1.54) is 0 Å². The highest BCUT2D eigenvalue weighted by Crippen LogP contribution is 2.23. The molecule has 1 rings (SSSR count). The third kappa shape index (κ3) is 2.98. The van der Waals surface area contributed by atoms with E-state index in [1.807, 2.05) is 6.92 Å². The van der Waals surface area contributed by atoms with Crippen LogP contribution >= 0.6 is 0 Å². The quantitative estimate of drug-likeness (QED) is 0.823. The normalized spacial score (nSPS) is 12.1. The molecule has 1 aromatic heterocycles. The lowest BCUT2D eigenvalue weighted by molar-refractivity contribution is 0.150. The van der Waals surface area contributed by atoms with E-state index >= 15 is 0 Å². The molecule has 0 aliphatic rings. The van der Waals surface area contributed by atoms with E-state index in [0.717, 1.165) is 18.5 Å². The Labute approximate surface area is 93.4 Å². The van der Waals surface area contributed by atoms with Crippen molar-refractivity contribution in [2.24, 2.45) is 0 Å². The minimum absolute atomic E-state index is 0.0906. The van der Waals surface area contributed by atoms with Crippen molar-refractivity contribution in [2.45, 2.75) is 31.1 Å². The standard InChI is InChI=1S/C10H13F2NO2S/c1-3-4-8-9(16(2,14)15)5-7(6-13-8)10(11)12/h5-6,10H,3-4H2,1-2H3. The van der Waals surface area contributed by atoms with Gasteiger partial charge in [-0.25, -0.2) is 17.2 Å². The van der Waals surface area contributed by atoms with E-state index in [1.54, 1.807) is 0 Å². The second-order valence-corrected chi connectivity index (χ2v) is 5.52. The molecular weight excluding hydrogens is 236 g/mol. The first-order chi connectivity index (χ1) is 7.36. The van der Waals surface area contributed by atoms with Crippen molar-refractivity contribution in [2.75, 3.05) is 6.26 Å². The van der Waals surface area contributed by atoms with Gasteiger partial charge in [0.1, 0.15) is 0 Å². The number of halogens is 2. The molecule has 0 aromatic carbocycles. The molecule has 0 bridgehead atoms. The summed E-state index contributed by atoms with van der Waals surface area (Å²) in [5.41, 5.74) is -0.00493. The van der Waals surface area contributed by atoms with Gasteiger partial charge in [-0.1, -0.05) is 13.3 Å². The second-order valence-electron chi connectivity index (χ2n) is 3.54. The summed E-state index contributed by atoms with van der Waals surface area (Å²) in [6, 6.07) is 1.01. The Kier molecular flexibility index (Phi) is 3.96. The zero-order chi connectivity index (χ0) is 12.3. The maximum atomic E-state index is 12.4. The molecule has 1 aromatic rings. The van der Waals surface area contributed by atoms with Crippen LogP contribution in [0.3, 0.4) is 0 Å². The molecule has 3 nitrogen and oxygen atoms in total. The van der Waals surface area contributed by atoms with Crippen LogP contribution < -0.4 is 0 Å². The zero-order valence-corrected chi connectivity index (χ0v) is 9.89. The van der Waals surface area contributed by atoms with Crippen LogP contribution in [0.4, 0.5) is 8.78 Å². The Morgan fingerprint density at radius 1 is 1.44 bits per heavy atom. The van der Waals surface area contributed by atoms with Crippen LogP contribution in [0.1, 0.15) is 31.0 Å². The van der Waals surface area contributed by atoms with Gasteiger partial charge in [-0.15, -0.1) is 0 Å². The summed E-state index contributed by atoms with van der Waals surface area (Å²) in [5, 5.41) is 0. The molecule has 16 heavy (non-hydrogen) atoms. The molecule has 0 N–H and O–H groups in total. The first-order valence-corrected chi connectivity index (χ1v) is 6.72. The van der Waals surface area contributed by atoms with Gasteiger partial charge in [0.05, 0.1) is 10.6 Å². The highest BCUT2D eigenvalue weighted by Gasteiger charge is 2.18. The summed E-state index contributed by atoms with van der Waals surface area (Å²) in [4.78, 5) is 3.71. The Bertz CT molecular complexity index is 472. The molecule has 0 aliphatic heterocycles. The van der Waals surface area contributed by atoms with E-state index in [4.69, 9.17) is 0 Å². The molecule has 0 saturated carbocycles. The van der Waals surface area contributed by atoms with Crippen molar-refractivity contribution in [1.29, 1.82) is 0 Å². The monoisotopic (exact) mass is 249 g/mol. The lowest BCUT2D eigenvalue weighted by Crippen LogP contribution is -2.06. The molecule has 0 unspecified atom stereocenters. The first-order valence-electron chi connectivity index (χ1n) is 4.83. The Morgan fingerprint density at radius 3 is 2.50 bits per heavy atom. The molecule has 1 heterocycles. The molecule has 0 fully saturated rings. The van der Waals surface area contributed by atoms with E-state index in [0.29, 0.717) is 18.5 Å². The minimum Gasteiger partial charge on any atom is -0.259 e. The maximum absolute atomic E-state index is 12.4. The molecule has 6 heteroatoms. The largest absolute Gasteiger partial charge is 0.265 e. The fourth-order valence-corrected chi connectivity index (χ4v) is 2.29. The Hall–Kier alpha value is -1.04. The van der Waals surface area contributed by atoms with Crippen molar-refractivity contribution in [3.05, 3.63) is 23.5 Å². The summed E-state index contributed by atoms with van der Waals surface area (Å²) in [7, 11) is -3.51. The molecule has 0 atom stereocenters. The number of hydrogen-bond donors (Lipinski definition) is 0. The van der Waals surface area contributed by atoms with E-state index in [-0.39, 0.29) is 10.5 Å². The highest BCUT2D eigenvalue weighted by molar-refractivity contribution is 7.90. The van der Waals surface area contributed by atoms with E-state index < -0.39 is 16.3 Å². The van der Waals surface area contributed by atoms with Gasteiger partial charge in [-0.3, -0.25) is 4.98 Å². The van der Waals surface area contributed by atoms with Gasteiger partial charge < -0.3 is 0 Å². The van der Waals surface area contributed by atoms with Gasteiger partial charge in [-0.2, -0.15) is 0 Å². The first kappa shape index (κ1) is 13.0. The number of alkyl halides is 2. The number of rotatable bonds is 4. The number of sulfone groups is 1. The van der Waals surface area contributed by atoms with Crippen LogP contribution in [0.2, 0.25) is 0 Å². The number of aromatic nitrogens is 1. The molecular formula is C10H13F2NO2S. The van der Waals surface area contributed by atoms with Crippen molar-refractivity contribution in [1.82, 2.24) is 4.98 Å². The van der Waals surface area contributed by atoms with Crippen molar-refractivity contribution in [3.8, 4) is 0 Å². The average Bonchev–Trinajstić information content (AvgIpc) is 2.16. The molecule has 0 saturated heterocycles. The van der Waals surface area contributed by atoms with Crippen molar-refractivity contribution < 1.29 is 17.2 Å². The Morgan fingerprint density at radius 2 is 2.06 bits per heavy atom. The number of aryl methyl sites for hydroxylation is 1. The Balaban J connectivity index is 3.33. The fourth-order valence-electron chi connectivity index (χ4n) is 1.35. The average molecular weight is 249 g/mol. The van der Waals surface area contributed by atoms with Crippen molar-refractivity contribution >= 4 is 9.84 Å². The summed E-state index contributed by atoms with van der Waals surface area (Å²) in [6.45, 7) is 1.87. The number of hydrogen-bond acceptors (Lipinski definition) is 3. The van der Waals surface area contributed by atoms with Crippen molar-refractivity contribution in [3.63, 3.8) is 0 Å². The summed E-state index contributed by atoms with van der Waals surface area (Å²) < 4.78 is 47.7. The maximum Gasteiger partial charge on any atom is 0.265 e. The predicted octanol–water partition coefficient (Wildman–Crippen LogP) is 2.38. The topological polar surface area (TPSA) is 47.0 Å². The van der Waals surface area contributed by atoms with Crippen LogP contribution in [0.5, 0.6) is 0 Å². The van der Waals surface area contributed by atoms with Gasteiger partial charge in [0.2, 0.25) is 0 Å². The third-order valence-electron chi connectivity index (χ3n) is 2.09. The smallest absolute Gasteiger partial charge is 0.259 e. The molecule has 0 amide bonds. The third-order valence-corrected chi connectivity index (χ3v) is 3.24. The van der Waals surface area contributed by atoms with Crippen LogP contribution in [-0.2, 0) is 16.3 Å². The lowest BCUT2D eigenvalue weighted by Gasteiger charge is -2.08. The van der Waals surface area contributed by atoms with Gasteiger partial charge >= 0.3 is 0 Å². The molecule has 0 spiro atoms. The second kappa shape index (κ2) is 4.86. The molecule has 0 aliphatic carbocycles. The van der Waals surface area contributed by atoms with Crippen LogP contribution in [0.15, 0.2) is 17.2 Å². The molecule has 0 radical (unpaired) electrons. The van der Waals surface area contributed by atoms with Gasteiger partial charge in [0.15, 0.2) is 9.84 Å². The number of pyridine rings is 1. The van der Waals surface area contributed by atoms with Crippen LogP contribution in [-0.4, -0.2) is 19.7 Å². The predicted molar refractivity (Wildman–Crippen MR) is 56.3 cm³/mol. The van der Waals surface area contributed by atoms with Gasteiger partial charge in [0.25, 0.3) is 6.43 Å². The summed E-state index contributed by atoms with van der Waals surface area (Å²) in [6.07, 6.45) is 0.502. The van der Waals surface area contributed by atoms with Crippen LogP contribution in [0.25, 0.3) is 0 Å². The summed E-state index contributed by atoms with van der Waals surface area (Å²) in [5.74, 6) is 0. The highest BCUT2D eigenvalue weighted by atomic mass is 32.2. The van der Waals surface area contributed by atoms with E-state index in [2.05, 4.69) is 4.98 Å². The fraction of sp³-hybridized carbons (Fsp3) is 0.500. The van der Waals surface area contributed by atoms with Crippen LogP contribution in [0, 0.1) is 0 Å². The lowest BCUT2D eigenvalue weighted by atomic mass is 10.2. The summed E-state index contributed by atoms with van der Waals surface area (Å²) >= 11 is 0. The zero-order valence-electron chi connectivity index (χ0n) is 9.07.